The zero-order valence-electron chi connectivity index (χ0n) is 41.5. The third-order valence-corrected chi connectivity index (χ3v) is 14.6. The Morgan fingerprint density at radius 1 is 0.275 bits per heavy atom. The molecule has 80 heavy (non-hydrogen) atoms. The highest BCUT2D eigenvalue weighted by atomic mass is 19.4. The van der Waals surface area contributed by atoms with E-state index in [0.29, 0.717) is 123 Å². The molecule has 0 aliphatic carbocycles. The molecule has 0 bridgehead atoms. The lowest BCUT2D eigenvalue weighted by molar-refractivity contribution is -0.143. The first-order chi connectivity index (χ1) is 38.7. The van der Waals surface area contributed by atoms with Crippen molar-refractivity contribution in [2.45, 2.75) is 12.4 Å². The summed E-state index contributed by atoms with van der Waals surface area (Å²) >= 11 is 0. The maximum Gasteiger partial charge on any atom is 0.416 e. The Kier molecular flexibility index (Phi) is 11.9. The van der Waals surface area contributed by atoms with Gasteiger partial charge < -0.3 is 9.13 Å². The summed E-state index contributed by atoms with van der Waals surface area (Å²) in [6.07, 6.45) is -10.4. The van der Waals surface area contributed by atoms with Gasteiger partial charge in [-0.3, -0.25) is 0 Å². The second-order valence-corrected chi connectivity index (χ2v) is 19.0. The average molecular weight is 1050 g/mol. The van der Waals surface area contributed by atoms with Crippen molar-refractivity contribution in [1.29, 1.82) is 26.3 Å². The van der Waals surface area contributed by atoms with Crippen molar-refractivity contribution < 1.29 is 26.3 Å². The molecule has 0 fully saturated rings. The van der Waals surface area contributed by atoms with Crippen LogP contribution in [0.5, 0.6) is 0 Å². The van der Waals surface area contributed by atoms with E-state index in [4.69, 9.17) is 0 Å². The molecule has 0 N–H and O–H groups in total. The highest BCUT2D eigenvalue weighted by Gasteiger charge is 2.38. The highest BCUT2D eigenvalue weighted by Crippen LogP contribution is 2.46. The predicted octanol–water partition coefficient (Wildman–Crippen LogP) is 17.6. The number of aromatic nitrogens is 2. The standard InChI is InChI=1S/C67H33F6N7/c68-66(69,70)49-25-47(26-50(32-49)67(71,72)73)59-33-65(80-62-29-41(53-15-7-3-11-45(53)36-76)19-23-57(62)58-24-20-42(30-63(58)80)54-16-8-4-12-46(54)37-77)64(31-48(59)38-78)79-60-27-39(51-13-5-1-9-43(51)34-74)17-21-55(60)56-22-18-40(28-61(56)79)52-14-6-2-10-44(52)35-75/h1-33H. The highest BCUT2D eigenvalue weighted by molar-refractivity contribution is 6.14. The second kappa shape index (κ2) is 19.1. The van der Waals surface area contributed by atoms with Gasteiger partial charge in [-0.05, 0) is 129 Å². The molecular weight excluding hydrogens is 1020 g/mol. The molecule has 378 valence electrons. The van der Waals surface area contributed by atoms with Gasteiger partial charge >= 0.3 is 12.4 Å². The summed E-state index contributed by atoms with van der Waals surface area (Å²) in [4.78, 5) is 0. The fourth-order valence-corrected chi connectivity index (χ4v) is 10.9. The normalized spacial score (nSPS) is 11.6. The van der Waals surface area contributed by atoms with Crippen LogP contribution in [0.3, 0.4) is 0 Å². The van der Waals surface area contributed by atoms with E-state index in [2.05, 4.69) is 30.3 Å². The zero-order chi connectivity index (χ0) is 55.6. The van der Waals surface area contributed by atoms with E-state index >= 15 is 0 Å². The third-order valence-electron chi connectivity index (χ3n) is 14.6. The summed E-state index contributed by atoms with van der Waals surface area (Å²) in [6, 6.07) is 66.0. The monoisotopic (exact) mass is 1050 g/mol. The van der Waals surface area contributed by atoms with Gasteiger partial charge in [0.25, 0.3) is 0 Å². The van der Waals surface area contributed by atoms with Crippen LogP contribution in [0.15, 0.2) is 200 Å². The molecule has 0 amide bonds. The summed E-state index contributed by atoms with van der Waals surface area (Å²) in [7, 11) is 0. The molecule has 0 radical (unpaired) electrons. The molecule has 2 heterocycles. The van der Waals surface area contributed by atoms with Crippen LogP contribution in [-0.4, -0.2) is 9.13 Å². The summed E-state index contributed by atoms with van der Waals surface area (Å²) in [5, 5.41) is 55.3. The summed E-state index contributed by atoms with van der Waals surface area (Å²) in [5.74, 6) is 0. The number of benzene rings is 10. The Morgan fingerprint density at radius 3 is 0.850 bits per heavy atom. The van der Waals surface area contributed by atoms with Crippen LogP contribution >= 0.6 is 0 Å². The Hall–Kier alpha value is -11.2. The number of hydrogen-bond donors (Lipinski definition) is 0. The number of nitrogens with zero attached hydrogens (tertiary/aromatic N) is 7. The number of halogens is 6. The van der Waals surface area contributed by atoms with Gasteiger partial charge in [-0.2, -0.15) is 52.7 Å². The topological polar surface area (TPSA) is 129 Å². The smallest absolute Gasteiger partial charge is 0.307 e. The van der Waals surface area contributed by atoms with Gasteiger partial charge in [0.05, 0.1) is 103 Å². The number of rotatable bonds is 7. The van der Waals surface area contributed by atoms with E-state index in [1.807, 2.05) is 94.1 Å². The fourth-order valence-electron chi connectivity index (χ4n) is 10.9. The van der Waals surface area contributed by atoms with E-state index in [-0.39, 0.29) is 28.6 Å². The maximum absolute atomic E-state index is 14.8. The number of nitriles is 5. The lowest BCUT2D eigenvalue weighted by Gasteiger charge is -2.21. The minimum atomic E-state index is -5.22. The van der Waals surface area contributed by atoms with Crippen LogP contribution in [0.4, 0.5) is 26.3 Å². The van der Waals surface area contributed by atoms with E-state index in [1.165, 1.54) is 12.1 Å². The van der Waals surface area contributed by atoms with Gasteiger partial charge in [0, 0.05) is 27.1 Å². The lowest BCUT2D eigenvalue weighted by atomic mass is 9.94. The molecule has 10 aromatic carbocycles. The number of alkyl halides is 6. The minimum Gasteiger partial charge on any atom is -0.307 e. The van der Waals surface area contributed by atoms with Crippen LogP contribution < -0.4 is 0 Å². The average Bonchev–Trinajstić information content (AvgIpc) is 3.36. The summed E-state index contributed by atoms with van der Waals surface area (Å²) in [5.41, 5.74) is 4.70. The van der Waals surface area contributed by atoms with Gasteiger partial charge in [-0.15, -0.1) is 0 Å². The molecule has 13 heteroatoms. The Balaban J connectivity index is 1.30. The SMILES string of the molecule is N#Cc1ccccc1-c1ccc2c3ccc(-c4ccccc4C#N)cc3n(-c3cc(C#N)c(-c4cc(C(F)(F)F)cc(C(F)(F)F)c4)cc3-n3c4cc(-c5ccccc5C#N)ccc4c4ccc(-c5ccccc5C#N)cc43)c2c1. The first kappa shape index (κ1) is 49.7. The summed E-state index contributed by atoms with van der Waals surface area (Å²) in [6.45, 7) is 0. The lowest BCUT2D eigenvalue weighted by Crippen LogP contribution is -2.11. The molecule has 0 saturated heterocycles. The quantitative estimate of drug-likeness (QED) is 0.147. The maximum atomic E-state index is 14.8. The molecule has 12 aromatic rings. The fraction of sp³-hybridized carbons (Fsp3) is 0.0299. The van der Waals surface area contributed by atoms with Crippen molar-refractivity contribution in [3.63, 3.8) is 0 Å². The number of fused-ring (bicyclic) bond motifs is 6. The first-order valence-electron chi connectivity index (χ1n) is 24.7. The first-order valence-corrected chi connectivity index (χ1v) is 24.7. The Bertz CT molecular complexity index is 4570. The second-order valence-electron chi connectivity index (χ2n) is 19.0. The van der Waals surface area contributed by atoms with Crippen molar-refractivity contribution in [2.24, 2.45) is 0 Å². The molecule has 2 aromatic heterocycles. The van der Waals surface area contributed by atoms with Crippen molar-refractivity contribution in [3.8, 4) is 97.4 Å². The van der Waals surface area contributed by atoms with Crippen LogP contribution in [0.1, 0.15) is 38.9 Å². The van der Waals surface area contributed by atoms with Crippen LogP contribution in [-0.2, 0) is 12.4 Å². The van der Waals surface area contributed by atoms with E-state index in [9.17, 15) is 52.7 Å². The zero-order valence-corrected chi connectivity index (χ0v) is 41.5. The molecule has 0 saturated carbocycles. The van der Waals surface area contributed by atoms with Gasteiger partial charge in [0.1, 0.15) is 0 Å². The van der Waals surface area contributed by atoms with E-state index < -0.39 is 29.0 Å². The predicted molar refractivity (Wildman–Crippen MR) is 296 cm³/mol. The molecule has 12 rings (SSSR count). The Labute approximate surface area is 452 Å². The molecule has 0 unspecified atom stereocenters. The van der Waals surface area contributed by atoms with Crippen LogP contribution in [0, 0.1) is 56.7 Å². The van der Waals surface area contributed by atoms with Crippen molar-refractivity contribution in [2.75, 3.05) is 0 Å². The molecule has 7 nitrogen and oxygen atoms in total. The van der Waals surface area contributed by atoms with Gasteiger partial charge in [0.2, 0.25) is 0 Å². The van der Waals surface area contributed by atoms with Gasteiger partial charge in [-0.1, -0.05) is 121 Å². The number of hydrogen-bond acceptors (Lipinski definition) is 5. The molecule has 0 aliphatic heterocycles. The third kappa shape index (κ3) is 8.30. The molecule has 0 atom stereocenters. The van der Waals surface area contributed by atoms with E-state index in [0.717, 1.165) is 0 Å². The van der Waals surface area contributed by atoms with E-state index in [1.54, 1.807) is 84.9 Å². The van der Waals surface area contributed by atoms with Crippen molar-refractivity contribution in [1.82, 2.24) is 9.13 Å². The molecule has 0 aliphatic rings. The largest absolute Gasteiger partial charge is 0.416 e. The summed E-state index contributed by atoms with van der Waals surface area (Å²) < 4.78 is 92.5. The van der Waals surface area contributed by atoms with Crippen molar-refractivity contribution >= 4 is 43.6 Å². The molecular formula is C67H33F6N7. The van der Waals surface area contributed by atoms with Gasteiger partial charge in [0.15, 0.2) is 0 Å². The van der Waals surface area contributed by atoms with Crippen molar-refractivity contribution in [3.05, 3.63) is 239 Å². The van der Waals surface area contributed by atoms with Crippen LogP contribution in [0.25, 0.3) is 111 Å². The van der Waals surface area contributed by atoms with Crippen LogP contribution in [0.2, 0.25) is 0 Å². The van der Waals surface area contributed by atoms with Gasteiger partial charge in [-0.25, -0.2) is 0 Å². The Morgan fingerprint density at radius 2 is 0.562 bits per heavy atom. The minimum absolute atomic E-state index is 0.0428. The molecule has 0 spiro atoms.